The number of hydrogen-bond donors (Lipinski definition) is 1. The van der Waals surface area contributed by atoms with Crippen LogP contribution in [0.2, 0.25) is 0 Å². The Morgan fingerprint density at radius 3 is 2.26 bits per heavy atom. The average Bonchev–Trinajstić information content (AvgIpc) is 2.66. The Hall–Kier alpha value is -3.15. The monoisotopic (exact) mass is 369 g/mol. The number of aryl methyl sites for hydroxylation is 3. The van der Waals surface area contributed by atoms with Crippen LogP contribution in [0.5, 0.6) is 5.75 Å². The number of rotatable bonds is 8. The fraction of sp³-hybridized carbons (Fsp3) is 0.286. The summed E-state index contributed by atoms with van der Waals surface area (Å²) in [6.07, 6.45) is 0. The van der Waals surface area contributed by atoms with Crippen LogP contribution in [0.3, 0.4) is 0 Å². The molecule has 142 valence electrons. The Labute approximate surface area is 158 Å². The molecule has 0 aliphatic carbocycles. The van der Waals surface area contributed by atoms with Crippen LogP contribution < -0.4 is 10.1 Å². The fourth-order valence-electron chi connectivity index (χ4n) is 2.42. The van der Waals surface area contributed by atoms with Crippen molar-refractivity contribution in [3.05, 3.63) is 64.7 Å². The molecule has 0 radical (unpaired) electrons. The lowest BCUT2D eigenvalue weighted by molar-refractivity contribution is -0.143. The lowest BCUT2D eigenvalue weighted by Crippen LogP contribution is -2.34. The first-order valence-electron chi connectivity index (χ1n) is 8.58. The molecule has 0 aliphatic heterocycles. The molecular formula is C21H23NO5. The number of ketones is 1. The minimum atomic E-state index is -0.683. The number of benzene rings is 2. The molecule has 1 N–H and O–H groups in total. The van der Waals surface area contributed by atoms with E-state index in [9.17, 15) is 14.4 Å². The summed E-state index contributed by atoms with van der Waals surface area (Å²) in [5.41, 5.74) is 3.47. The summed E-state index contributed by atoms with van der Waals surface area (Å²) in [6, 6.07) is 12.6. The first-order chi connectivity index (χ1) is 12.9. The zero-order valence-electron chi connectivity index (χ0n) is 15.7. The van der Waals surface area contributed by atoms with Gasteiger partial charge in [0.1, 0.15) is 12.3 Å². The second-order valence-corrected chi connectivity index (χ2v) is 6.21. The van der Waals surface area contributed by atoms with Gasteiger partial charge < -0.3 is 14.8 Å². The van der Waals surface area contributed by atoms with Gasteiger partial charge in [0.05, 0.1) is 0 Å². The molecule has 0 fully saturated rings. The predicted octanol–water partition coefficient (Wildman–Crippen LogP) is 2.53. The number of carbonyl (C=O) groups is 3. The molecule has 0 saturated heterocycles. The first kappa shape index (κ1) is 20.2. The molecule has 0 bridgehead atoms. The Morgan fingerprint density at radius 2 is 1.56 bits per heavy atom. The third-order valence-corrected chi connectivity index (χ3v) is 4.05. The summed E-state index contributed by atoms with van der Waals surface area (Å²) in [5.74, 6) is -0.850. The summed E-state index contributed by atoms with van der Waals surface area (Å²) in [5, 5.41) is 2.39. The van der Waals surface area contributed by atoms with Gasteiger partial charge >= 0.3 is 5.97 Å². The van der Waals surface area contributed by atoms with Crippen LogP contribution in [0.4, 0.5) is 0 Å². The van der Waals surface area contributed by atoms with E-state index >= 15 is 0 Å². The number of carbonyl (C=O) groups excluding carboxylic acids is 3. The summed E-state index contributed by atoms with van der Waals surface area (Å²) in [4.78, 5) is 35.7. The van der Waals surface area contributed by atoms with Crippen LogP contribution in [-0.2, 0) is 14.3 Å². The molecule has 0 atom stereocenters. The van der Waals surface area contributed by atoms with E-state index in [0.717, 1.165) is 16.7 Å². The number of ether oxygens (including phenoxy) is 2. The van der Waals surface area contributed by atoms with Crippen molar-refractivity contribution in [3.63, 3.8) is 0 Å². The maximum Gasteiger partial charge on any atom is 0.325 e. The van der Waals surface area contributed by atoms with E-state index in [0.29, 0.717) is 11.3 Å². The van der Waals surface area contributed by atoms with Gasteiger partial charge in [-0.05, 0) is 55.7 Å². The molecule has 2 rings (SSSR count). The van der Waals surface area contributed by atoms with Crippen molar-refractivity contribution in [2.24, 2.45) is 0 Å². The Balaban J connectivity index is 1.73. The maximum absolute atomic E-state index is 12.2. The van der Waals surface area contributed by atoms with Crippen LogP contribution in [0.1, 0.15) is 27.0 Å². The second kappa shape index (κ2) is 9.52. The highest BCUT2D eigenvalue weighted by molar-refractivity contribution is 5.99. The summed E-state index contributed by atoms with van der Waals surface area (Å²) in [6.45, 7) is 4.84. The van der Waals surface area contributed by atoms with Crippen LogP contribution in [0.15, 0.2) is 42.5 Å². The standard InChI is InChI=1S/C21H23NO5/c1-14-9-16(3)18(10-15(14)2)19(23)12-27-21(25)11-22-20(24)13-26-17-7-5-4-6-8-17/h4-10H,11-13H2,1-3H3,(H,22,24). The summed E-state index contributed by atoms with van der Waals surface area (Å²) < 4.78 is 10.2. The van der Waals surface area contributed by atoms with Gasteiger partial charge in [0.25, 0.3) is 5.91 Å². The minimum absolute atomic E-state index is 0.210. The third-order valence-electron chi connectivity index (χ3n) is 4.05. The largest absolute Gasteiger partial charge is 0.484 e. The minimum Gasteiger partial charge on any atom is -0.484 e. The lowest BCUT2D eigenvalue weighted by Gasteiger charge is -2.10. The van der Waals surface area contributed by atoms with Crippen molar-refractivity contribution in [1.82, 2.24) is 5.32 Å². The van der Waals surface area contributed by atoms with Gasteiger partial charge in [0, 0.05) is 5.56 Å². The third kappa shape index (κ3) is 6.26. The second-order valence-electron chi connectivity index (χ2n) is 6.21. The molecule has 1 amide bonds. The Kier molecular flexibility index (Phi) is 7.11. The Morgan fingerprint density at radius 1 is 0.889 bits per heavy atom. The molecule has 0 saturated carbocycles. The van der Waals surface area contributed by atoms with Crippen LogP contribution >= 0.6 is 0 Å². The van der Waals surface area contributed by atoms with Crippen molar-refractivity contribution >= 4 is 17.7 Å². The summed E-state index contributed by atoms with van der Waals surface area (Å²) in [7, 11) is 0. The van der Waals surface area contributed by atoms with E-state index < -0.39 is 11.9 Å². The van der Waals surface area contributed by atoms with Crippen LogP contribution in [0.25, 0.3) is 0 Å². The zero-order chi connectivity index (χ0) is 19.8. The van der Waals surface area contributed by atoms with Gasteiger partial charge in [0.2, 0.25) is 5.78 Å². The Bertz CT molecular complexity index is 830. The molecule has 6 nitrogen and oxygen atoms in total. The number of para-hydroxylation sites is 1. The van der Waals surface area contributed by atoms with E-state index in [2.05, 4.69) is 5.32 Å². The van der Waals surface area contributed by atoms with Crippen molar-refractivity contribution in [2.75, 3.05) is 19.8 Å². The first-order valence-corrected chi connectivity index (χ1v) is 8.58. The van der Waals surface area contributed by atoms with Gasteiger partial charge in [-0.3, -0.25) is 14.4 Å². The highest BCUT2D eigenvalue weighted by Crippen LogP contribution is 2.16. The number of esters is 1. The molecule has 6 heteroatoms. The van der Waals surface area contributed by atoms with E-state index in [1.165, 1.54) is 0 Å². The van der Waals surface area contributed by atoms with Gasteiger partial charge in [-0.1, -0.05) is 24.3 Å². The number of amides is 1. The van der Waals surface area contributed by atoms with Crippen LogP contribution in [0, 0.1) is 20.8 Å². The molecule has 0 spiro atoms. The summed E-state index contributed by atoms with van der Waals surface area (Å²) >= 11 is 0. The van der Waals surface area contributed by atoms with E-state index in [-0.39, 0.29) is 25.5 Å². The molecule has 0 aromatic heterocycles. The smallest absolute Gasteiger partial charge is 0.325 e. The van der Waals surface area contributed by atoms with Gasteiger partial charge in [-0.25, -0.2) is 0 Å². The average molecular weight is 369 g/mol. The van der Waals surface area contributed by atoms with E-state index in [1.54, 1.807) is 30.3 Å². The molecule has 0 unspecified atom stereocenters. The molecular weight excluding hydrogens is 346 g/mol. The van der Waals surface area contributed by atoms with Gasteiger partial charge in [-0.2, -0.15) is 0 Å². The van der Waals surface area contributed by atoms with Crippen molar-refractivity contribution in [3.8, 4) is 5.75 Å². The molecule has 2 aromatic rings. The van der Waals surface area contributed by atoms with Crippen LogP contribution in [-0.4, -0.2) is 37.4 Å². The molecule has 0 aliphatic rings. The van der Waals surface area contributed by atoms with E-state index in [1.807, 2.05) is 32.9 Å². The van der Waals surface area contributed by atoms with Gasteiger partial charge in [0.15, 0.2) is 13.2 Å². The number of hydrogen-bond acceptors (Lipinski definition) is 5. The van der Waals surface area contributed by atoms with Gasteiger partial charge in [-0.15, -0.1) is 0 Å². The number of Topliss-reactive ketones (excluding diaryl/α,β-unsaturated/α-hetero) is 1. The highest BCUT2D eigenvalue weighted by atomic mass is 16.5. The quantitative estimate of drug-likeness (QED) is 0.571. The zero-order valence-corrected chi connectivity index (χ0v) is 15.7. The topological polar surface area (TPSA) is 81.7 Å². The fourth-order valence-corrected chi connectivity index (χ4v) is 2.42. The molecule has 0 heterocycles. The molecule has 27 heavy (non-hydrogen) atoms. The normalized spacial score (nSPS) is 10.2. The maximum atomic E-state index is 12.2. The SMILES string of the molecule is Cc1cc(C)c(C(=O)COC(=O)CNC(=O)COc2ccccc2)cc1C. The lowest BCUT2D eigenvalue weighted by atomic mass is 9.98. The number of nitrogens with one attached hydrogen (secondary N) is 1. The molecule has 2 aromatic carbocycles. The van der Waals surface area contributed by atoms with E-state index in [4.69, 9.17) is 9.47 Å². The predicted molar refractivity (Wildman–Crippen MR) is 101 cm³/mol. The van der Waals surface area contributed by atoms with Crippen molar-refractivity contribution in [1.29, 1.82) is 0 Å². The van der Waals surface area contributed by atoms with Crippen molar-refractivity contribution < 1.29 is 23.9 Å². The highest BCUT2D eigenvalue weighted by Gasteiger charge is 2.14. The van der Waals surface area contributed by atoms with Crippen molar-refractivity contribution in [2.45, 2.75) is 20.8 Å².